The zero-order valence-corrected chi connectivity index (χ0v) is 8.71. The number of nitrogens with zero attached hydrogens (tertiary/aromatic N) is 1. The van der Waals surface area contributed by atoms with Gasteiger partial charge in [0.15, 0.2) is 0 Å². The van der Waals surface area contributed by atoms with Crippen LogP contribution in [0.15, 0.2) is 4.79 Å². The molecule has 1 fully saturated rings. The van der Waals surface area contributed by atoms with E-state index >= 15 is 0 Å². The van der Waals surface area contributed by atoms with Gasteiger partial charge in [0.2, 0.25) is 5.88 Å². The number of rotatable bonds is 2. The molecule has 1 atom stereocenters. The van der Waals surface area contributed by atoms with Gasteiger partial charge in [-0.15, -0.1) is 0 Å². The highest BCUT2D eigenvalue weighted by Crippen LogP contribution is 2.14. The molecule has 0 radical (unpaired) electrons. The monoisotopic (exact) mass is 209 g/mol. The van der Waals surface area contributed by atoms with Crippen molar-refractivity contribution in [1.29, 1.82) is 0 Å². The molecule has 2 rings (SSSR count). The van der Waals surface area contributed by atoms with E-state index in [9.17, 15) is 9.90 Å². The zero-order chi connectivity index (χ0) is 10.8. The summed E-state index contributed by atoms with van der Waals surface area (Å²) in [6.45, 7) is 3.53. The molecule has 0 aromatic carbocycles. The fraction of sp³-hybridized carbons (Fsp3) is 0.600. The van der Waals surface area contributed by atoms with Crippen molar-refractivity contribution < 1.29 is 5.11 Å². The summed E-state index contributed by atoms with van der Waals surface area (Å²) in [5, 5.41) is 12.7. The van der Waals surface area contributed by atoms with Gasteiger partial charge in [0.1, 0.15) is 5.82 Å². The Morgan fingerprint density at radius 1 is 1.60 bits per heavy atom. The van der Waals surface area contributed by atoms with Crippen LogP contribution in [-0.4, -0.2) is 28.2 Å². The fourth-order valence-corrected chi connectivity index (χ4v) is 1.82. The molecule has 1 aromatic rings. The molecule has 0 bridgehead atoms. The Bertz CT molecular complexity index is 408. The van der Waals surface area contributed by atoms with Crippen LogP contribution in [0.4, 0.5) is 0 Å². The highest BCUT2D eigenvalue weighted by Gasteiger charge is 2.17. The lowest BCUT2D eigenvalue weighted by molar-refractivity contribution is 0.438. The van der Waals surface area contributed by atoms with Gasteiger partial charge >= 0.3 is 0 Å². The molecule has 5 nitrogen and oxygen atoms in total. The topological polar surface area (TPSA) is 78.0 Å². The highest BCUT2D eigenvalue weighted by atomic mass is 16.3. The number of hydrogen-bond acceptors (Lipinski definition) is 4. The second kappa shape index (κ2) is 4.02. The Hall–Kier alpha value is -1.36. The van der Waals surface area contributed by atoms with Crippen molar-refractivity contribution in [3.05, 3.63) is 21.7 Å². The van der Waals surface area contributed by atoms with E-state index < -0.39 is 0 Å². The molecule has 82 valence electrons. The van der Waals surface area contributed by atoms with Gasteiger partial charge in [-0.25, -0.2) is 4.98 Å². The summed E-state index contributed by atoms with van der Waals surface area (Å²) in [7, 11) is 0. The third kappa shape index (κ3) is 2.18. The molecule has 5 heteroatoms. The Labute approximate surface area is 87.6 Å². The fourth-order valence-electron chi connectivity index (χ4n) is 1.82. The lowest BCUT2D eigenvalue weighted by Gasteiger charge is -2.07. The van der Waals surface area contributed by atoms with E-state index in [1.54, 1.807) is 6.92 Å². The minimum absolute atomic E-state index is 0.153. The van der Waals surface area contributed by atoms with Gasteiger partial charge < -0.3 is 15.4 Å². The molecule has 0 spiro atoms. The van der Waals surface area contributed by atoms with Crippen LogP contribution in [0.1, 0.15) is 17.8 Å². The first-order chi connectivity index (χ1) is 7.16. The summed E-state index contributed by atoms with van der Waals surface area (Å²) in [5.74, 6) is 0.937. The van der Waals surface area contributed by atoms with E-state index in [2.05, 4.69) is 15.3 Å². The molecular weight excluding hydrogens is 194 g/mol. The number of aromatic amines is 1. The predicted octanol–water partition coefficient (Wildman–Crippen LogP) is -0.0641. The minimum Gasteiger partial charge on any atom is -0.493 e. The van der Waals surface area contributed by atoms with Crippen LogP contribution in [0.5, 0.6) is 5.88 Å². The Morgan fingerprint density at radius 2 is 2.40 bits per heavy atom. The second-order valence-electron chi connectivity index (χ2n) is 4.02. The lowest BCUT2D eigenvalue weighted by atomic mass is 10.0. The number of H-pyrrole nitrogens is 1. The van der Waals surface area contributed by atoms with Gasteiger partial charge in [0.25, 0.3) is 5.56 Å². The molecule has 2 heterocycles. The first-order valence-electron chi connectivity index (χ1n) is 5.16. The summed E-state index contributed by atoms with van der Waals surface area (Å²) in [5.41, 5.74) is 0.0340. The second-order valence-corrected chi connectivity index (χ2v) is 4.02. The number of aromatic nitrogens is 2. The van der Waals surface area contributed by atoms with Crippen LogP contribution >= 0.6 is 0 Å². The molecular formula is C10H15N3O2. The first kappa shape index (κ1) is 10.2. The van der Waals surface area contributed by atoms with Crippen molar-refractivity contribution in [3.8, 4) is 5.88 Å². The molecule has 1 aliphatic heterocycles. The Morgan fingerprint density at radius 3 is 3.00 bits per heavy atom. The Balaban J connectivity index is 2.18. The van der Waals surface area contributed by atoms with Crippen LogP contribution in [0.25, 0.3) is 0 Å². The van der Waals surface area contributed by atoms with E-state index in [0.29, 0.717) is 11.7 Å². The molecule has 15 heavy (non-hydrogen) atoms. The van der Waals surface area contributed by atoms with Crippen LogP contribution in [0.3, 0.4) is 0 Å². The van der Waals surface area contributed by atoms with Gasteiger partial charge in [-0.05, 0) is 32.4 Å². The largest absolute Gasteiger partial charge is 0.493 e. The number of aromatic hydroxyl groups is 1. The van der Waals surface area contributed by atoms with Gasteiger partial charge in [-0.3, -0.25) is 4.79 Å². The third-order valence-electron chi connectivity index (χ3n) is 2.82. The Kier molecular flexibility index (Phi) is 2.73. The molecule has 1 aromatic heterocycles. The SMILES string of the molecule is Cc1c(O)nc(CC2CCNC2)[nH]c1=O. The summed E-state index contributed by atoms with van der Waals surface area (Å²) >= 11 is 0. The van der Waals surface area contributed by atoms with Gasteiger partial charge in [0.05, 0.1) is 5.56 Å². The predicted molar refractivity (Wildman–Crippen MR) is 55.9 cm³/mol. The average molecular weight is 209 g/mol. The van der Waals surface area contributed by atoms with Gasteiger partial charge in [-0.1, -0.05) is 0 Å². The van der Waals surface area contributed by atoms with Crippen LogP contribution in [0.2, 0.25) is 0 Å². The highest BCUT2D eigenvalue weighted by molar-refractivity contribution is 5.20. The van der Waals surface area contributed by atoms with E-state index in [-0.39, 0.29) is 17.0 Å². The average Bonchev–Trinajstić information content (AvgIpc) is 2.66. The lowest BCUT2D eigenvalue weighted by Crippen LogP contribution is -2.18. The van der Waals surface area contributed by atoms with E-state index in [4.69, 9.17) is 0 Å². The van der Waals surface area contributed by atoms with Crippen molar-refractivity contribution >= 4 is 0 Å². The van der Waals surface area contributed by atoms with Crippen molar-refractivity contribution in [2.45, 2.75) is 19.8 Å². The normalized spacial score (nSPS) is 20.7. The summed E-state index contributed by atoms with van der Waals surface area (Å²) in [6.07, 6.45) is 1.81. The first-order valence-corrected chi connectivity index (χ1v) is 5.16. The maximum absolute atomic E-state index is 11.4. The molecule has 1 saturated heterocycles. The number of nitrogens with one attached hydrogen (secondary N) is 2. The summed E-state index contributed by atoms with van der Waals surface area (Å²) in [4.78, 5) is 18.0. The molecule has 0 saturated carbocycles. The molecule has 3 N–H and O–H groups in total. The van der Waals surface area contributed by atoms with Gasteiger partial charge in [0, 0.05) is 6.42 Å². The maximum Gasteiger partial charge on any atom is 0.257 e. The summed E-state index contributed by atoms with van der Waals surface area (Å²) in [6, 6.07) is 0. The van der Waals surface area contributed by atoms with Crippen LogP contribution in [-0.2, 0) is 6.42 Å². The zero-order valence-electron chi connectivity index (χ0n) is 8.71. The van der Waals surface area contributed by atoms with Crippen molar-refractivity contribution in [2.24, 2.45) is 5.92 Å². The molecule has 1 unspecified atom stereocenters. The maximum atomic E-state index is 11.4. The molecule has 1 aliphatic rings. The number of hydrogen-bond donors (Lipinski definition) is 3. The smallest absolute Gasteiger partial charge is 0.257 e. The quantitative estimate of drug-likeness (QED) is 0.637. The van der Waals surface area contributed by atoms with Crippen molar-refractivity contribution in [2.75, 3.05) is 13.1 Å². The van der Waals surface area contributed by atoms with E-state index in [1.165, 1.54) is 0 Å². The minimum atomic E-state index is -0.247. The van der Waals surface area contributed by atoms with Crippen molar-refractivity contribution in [1.82, 2.24) is 15.3 Å². The van der Waals surface area contributed by atoms with Crippen molar-refractivity contribution in [3.63, 3.8) is 0 Å². The molecule has 0 aliphatic carbocycles. The standard InChI is InChI=1S/C10H15N3O2/c1-6-9(14)12-8(13-10(6)15)4-7-2-3-11-5-7/h7,11H,2-5H2,1H3,(H2,12,13,14,15). The van der Waals surface area contributed by atoms with Crippen LogP contribution < -0.4 is 10.9 Å². The summed E-state index contributed by atoms with van der Waals surface area (Å²) < 4.78 is 0. The van der Waals surface area contributed by atoms with Gasteiger partial charge in [-0.2, -0.15) is 0 Å². The third-order valence-corrected chi connectivity index (χ3v) is 2.82. The van der Waals surface area contributed by atoms with E-state index in [1.807, 2.05) is 0 Å². The van der Waals surface area contributed by atoms with E-state index in [0.717, 1.165) is 25.9 Å². The van der Waals surface area contributed by atoms with Crippen LogP contribution in [0, 0.1) is 12.8 Å². The molecule has 0 amide bonds.